The monoisotopic (exact) mass is 723 g/mol. The lowest BCUT2D eigenvalue weighted by Gasteiger charge is -2.36. The van der Waals surface area contributed by atoms with Gasteiger partial charge >= 0.3 is 5.97 Å². The standard InChI is InChI=1S/C38H49N3O7S2/c1-4-6-21-38(5-2)26-41(29-18-12-8-13-19-29)30-23-32(49-3)31(24-33(30)50(46,47)27-38)48-25-34(42)40-36(28-16-10-7-11-17-28)37(45)39-22-15-9-14-20-35(43)44/h7-8,10-13,16-19,23-24,36H,4-6,9,14-15,20-22,25-27H2,1-3H3,(H,39,45)(H,40,42)(H,43,44)/t36-,38?/m1/s1. The summed E-state index contributed by atoms with van der Waals surface area (Å²) in [6.07, 6.45) is 7.13. The van der Waals surface area contributed by atoms with Crippen LogP contribution < -0.4 is 20.3 Å². The summed E-state index contributed by atoms with van der Waals surface area (Å²) in [6.45, 7) is 4.64. The van der Waals surface area contributed by atoms with Crippen LogP contribution in [0, 0.1) is 5.41 Å². The van der Waals surface area contributed by atoms with Crippen molar-refractivity contribution in [1.29, 1.82) is 0 Å². The third-order valence-corrected chi connectivity index (χ3v) is 11.9. The number of carboxylic acid groups (broad SMARTS) is 1. The number of thioether (sulfide) groups is 1. The number of hydrogen-bond donors (Lipinski definition) is 3. The van der Waals surface area contributed by atoms with Gasteiger partial charge in [-0.05, 0) is 55.7 Å². The maximum atomic E-state index is 14.2. The summed E-state index contributed by atoms with van der Waals surface area (Å²) in [5.41, 5.74) is 1.64. The molecule has 0 saturated carbocycles. The molecule has 3 N–H and O–H groups in total. The summed E-state index contributed by atoms with van der Waals surface area (Å²) in [5, 5.41) is 14.4. The molecule has 0 radical (unpaired) electrons. The molecule has 12 heteroatoms. The van der Waals surface area contributed by atoms with E-state index in [1.807, 2.05) is 48.7 Å². The number of ether oxygens (including phenoxy) is 1. The molecule has 1 unspecified atom stereocenters. The first-order chi connectivity index (χ1) is 24.0. The molecule has 4 rings (SSSR count). The lowest BCUT2D eigenvalue weighted by molar-refractivity contribution is -0.137. The largest absolute Gasteiger partial charge is 0.483 e. The smallest absolute Gasteiger partial charge is 0.303 e. The molecule has 270 valence electrons. The number of amides is 2. The van der Waals surface area contributed by atoms with Crippen molar-refractivity contribution in [2.75, 3.05) is 36.6 Å². The van der Waals surface area contributed by atoms with Crippen LogP contribution in [0.1, 0.15) is 76.8 Å². The molecule has 0 fully saturated rings. The zero-order chi connectivity index (χ0) is 36.1. The average Bonchev–Trinajstić information content (AvgIpc) is 3.21. The quantitative estimate of drug-likeness (QED) is 0.0942. The van der Waals surface area contributed by atoms with Crippen molar-refractivity contribution in [1.82, 2.24) is 10.6 Å². The van der Waals surface area contributed by atoms with Crippen LogP contribution in [-0.2, 0) is 24.2 Å². The molecule has 2 atom stereocenters. The Balaban J connectivity index is 1.57. The molecule has 10 nitrogen and oxygen atoms in total. The van der Waals surface area contributed by atoms with Gasteiger partial charge in [-0.2, -0.15) is 0 Å². The van der Waals surface area contributed by atoms with Crippen molar-refractivity contribution < 1.29 is 32.6 Å². The fourth-order valence-electron chi connectivity index (χ4n) is 6.33. The second-order valence-corrected chi connectivity index (χ2v) is 15.6. The predicted molar refractivity (Wildman–Crippen MR) is 198 cm³/mol. The minimum atomic E-state index is -3.75. The Morgan fingerprint density at radius 1 is 0.980 bits per heavy atom. The molecule has 1 aliphatic heterocycles. The molecule has 50 heavy (non-hydrogen) atoms. The van der Waals surface area contributed by atoms with E-state index in [4.69, 9.17) is 9.84 Å². The van der Waals surface area contributed by atoms with Gasteiger partial charge in [0.05, 0.1) is 21.2 Å². The van der Waals surface area contributed by atoms with E-state index in [2.05, 4.69) is 29.4 Å². The van der Waals surface area contributed by atoms with E-state index < -0.39 is 45.7 Å². The first-order valence-corrected chi connectivity index (χ1v) is 20.1. The highest BCUT2D eigenvalue weighted by molar-refractivity contribution is 7.98. The molecular formula is C38H49N3O7S2. The first-order valence-electron chi connectivity index (χ1n) is 17.3. The summed E-state index contributed by atoms with van der Waals surface area (Å²) >= 11 is 1.40. The van der Waals surface area contributed by atoms with E-state index >= 15 is 0 Å². The molecule has 3 aromatic rings. The van der Waals surface area contributed by atoms with Crippen molar-refractivity contribution in [3.05, 3.63) is 78.4 Å². The van der Waals surface area contributed by atoms with Gasteiger partial charge < -0.3 is 25.4 Å². The van der Waals surface area contributed by atoms with E-state index in [0.717, 1.165) is 24.9 Å². The molecular weight excluding hydrogens is 675 g/mol. The van der Waals surface area contributed by atoms with Gasteiger partial charge in [-0.25, -0.2) is 8.42 Å². The van der Waals surface area contributed by atoms with E-state index in [1.54, 1.807) is 30.3 Å². The average molecular weight is 724 g/mol. The lowest BCUT2D eigenvalue weighted by atomic mass is 9.81. The third kappa shape index (κ3) is 10.3. The van der Waals surface area contributed by atoms with Crippen LogP contribution in [0.25, 0.3) is 0 Å². The Bertz CT molecular complexity index is 1700. The van der Waals surface area contributed by atoms with Gasteiger partial charge in [-0.3, -0.25) is 14.4 Å². The number of nitrogens with zero attached hydrogens (tertiary/aromatic N) is 1. The Morgan fingerprint density at radius 3 is 2.32 bits per heavy atom. The summed E-state index contributed by atoms with van der Waals surface area (Å²) in [4.78, 5) is 40.3. The van der Waals surface area contributed by atoms with Crippen molar-refractivity contribution in [3.63, 3.8) is 0 Å². The molecule has 0 spiro atoms. The number of aliphatic carboxylic acids is 1. The lowest BCUT2D eigenvalue weighted by Crippen LogP contribution is -2.42. The summed E-state index contributed by atoms with van der Waals surface area (Å²) in [5.74, 6) is -1.50. The van der Waals surface area contributed by atoms with E-state index in [1.165, 1.54) is 11.8 Å². The van der Waals surface area contributed by atoms with Crippen LogP contribution in [0.4, 0.5) is 11.4 Å². The number of unbranched alkanes of at least 4 members (excludes halogenated alkanes) is 3. The van der Waals surface area contributed by atoms with Crippen molar-refractivity contribution in [2.45, 2.75) is 81.0 Å². The number of fused-ring (bicyclic) bond motifs is 1. The number of nitrogens with one attached hydrogen (secondary N) is 2. The number of anilines is 2. The molecule has 3 aromatic carbocycles. The van der Waals surface area contributed by atoms with E-state index in [0.29, 0.717) is 54.9 Å². The van der Waals surface area contributed by atoms with Crippen molar-refractivity contribution in [3.8, 4) is 5.75 Å². The third-order valence-electron chi connectivity index (χ3n) is 9.17. The van der Waals surface area contributed by atoms with Crippen LogP contribution in [0.5, 0.6) is 5.75 Å². The number of rotatable bonds is 18. The molecule has 0 aromatic heterocycles. The molecule has 0 aliphatic carbocycles. The SMILES string of the molecule is CCCCC1(CC)CN(c2ccccc2)c2cc(SC)c(OCC(=O)N[C@@H](C(=O)NCCCCCC(=O)O)c3ccccc3)cc2S(=O)(=O)C1. The number of benzene rings is 3. The minimum Gasteiger partial charge on any atom is -0.483 e. The van der Waals surface area contributed by atoms with Crippen LogP contribution in [0.15, 0.2) is 82.6 Å². The van der Waals surface area contributed by atoms with Crippen LogP contribution in [0.3, 0.4) is 0 Å². The van der Waals surface area contributed by atoms with Crippen LogP contribution in [0.2, 0.25) is 0 Å². The number of para-hydroxylation sites is 1. The number of hydrogen-bond acceptors (Lipinski definition) is 8. The van der Waals surface area contributed by atoms with Crippen LogP contribution in [-0.4, -0.2) is 63.0 Å². The van der Waals surface area contributed by atoms with Gasteiger partial charge in [0.15, 0.2) is 16.4 Å². The maximum Gasteiger partial charge on any atom is 0.303 e. The topological polar surface area (TPSA) is 142 Å². The van der Waals surface area contributed by atoms with Gasteiger partial charge in [0.25, 0.3) is 5.91 Å². The van der Waals surface area contributed by atoms with E-state index in [-0.39, 0.29) is 22.8 Å². The zero-order valence-electron chi connectivity index (χ0n) is 29.2. The van der Waals surface area contributed by atoms with Crippen LogP contribution >= 0.6 is 11.8 Å². The molecule has 0 saturated heterocycles. The van der Waals surface area contributed by atoms with Crippen molar-refractivity contribution in [2.24, 2.45) is 5.41 Å². The second kappa shape index (κ2) is 18.3. The zero-order valence-corrected chi connectivity index (χ0v) is 30.8. The number of carbonyl (C=O) groups is 3. The molecule has 1 heterocycles. The summed E-state index contributed by atoms with van der Waals surface area (Å²) < 4.78 is 34.5. The minimum absolute atomic E-state index is 0.0127. The Morgan fingerprint density at radius 2 is 1.68 bits per heavy atom. The normalized spacial score (nSPS) is 17.2. The Hall–Kier alpha value is -4.03. The number of sulfone groups is 1. The molecule has 2 amide bonds. The Kier molecular flexibility index (Phi) is 14.2. The fraction of sp³-hybridized carbons (Fsp3) is 0.447. The van der Waals surface area contributed by atoms with Crippen molar-refractivity contribution >= 4 is 50.8 Å². The maximum absolute atomic E-state index is 14.2. The summed E-state index contributed by atoms with van der Waals surface area (Å²) in [6, 6.07) is 21.1. The second-order valence-electron chi connectivity index (χ2n) is 12.8. The molecule has 0 bridgehead atoms. The first kappa shape index (κ1) is 38.8. The highest BCUT2D eigenvalue weighted by Crippen LogP contribution is 2.47. The predicted octanol–water partition coefficient (Wildman–Crippen LogP) is 6.92. The van der Waals surface area contributed by atoms with Gasteiger partial charge in [0.2, 0.25) is 5.91 Å². The summed E-state index contributed by atoms with van der Waals surface area (Å²) in [7, 11) is -3.75. The van der Waals surface area contributed by atoms with E-state index in [9.17, 15) is 22.8 Å². The number of carbonyl (C=O) groups excluding carboxylic acids is 2. The fourth-order valence-corrected chi connectivity index (χ4v) is 9.05. The highest BCUT2D eigenvalue weighted by atomic mass is 32.2. The Labute approximate surface area is 300 Å². The molecule has 1 aliphatic rings. The van der Waals surface area contributed by atoms with Gasteiger partial charge in [-0.15, -0.1) is 11.8 Å². The van der Waals surface area contributed by atoms with Gasteiger partial charge in [-0.1, -0.05) is 81.6 Å². The van der Waals surface area contributed by atoms with Gasteiger partial charge in [0, 0.05) is 36.7 Å². The number of carboxylic acids is 1. The highest BCUT2D eigenvalue weighted by Gasteiger charge is 2.42. The van der Waals surface area contributed by atoms with Gasteiger partial charge in [0.1, 0.15) is 11.8 Å².